The third-order valence-corrected chi connectivity index (χ3v) is 9.31. The van der Waals surface area contributed by atoms with Crippen molar-refractivity contribution in [2.45, 2.75) is 19.3 Å². The lowest BCUT2D eigenvalue weighted by atomic mass is 9.82. The molecular formula is C39H28N2. The van der Waals surface area contributed by atoms with E-state index < -0.39 is 0 Å². The van der Waals surface area contributed by atoms with Gasteiger partial charge in [0.25, 0.3) is 0 Å². The number of hydrogen-bond donors (Lipinski definition) is 0. The summed E-state index contributed by atoms with van der Waals surface area (Å²) in [4.78, 5) is 0. The molecule has 1 aliphatic carbocycles. The molecule has 0 aliphatic heterocycles. The highest BCUT2D eigenvalue weighted by Gasteiger charge is 2.35. The topological polar surface area (TPSA) is 9.86 Å². The van der Waals surface area contributed by atoms with Gasteiger partial charge in [0.2, 0.25) is 0 Å². The van der Waals surface area contributed by atoms with Crippen LogP contribution in [-0.2, 0) is 5.41 Å². The van der Waals surface area contributed by atoms with Crippen LogP contribution in [0.1, 0.15) is 25.0 Å². The smallest absolute Gasteiger partial charge is 0.0641 e. The van der Waals surface area contributed by atoms with Crippen LogP contribution in [-0.4, -0.2) is 9.13 Å². The molecule has 0 spiro atoms. The van der Waals surface area contributed by atoms with E-state index in [0.29, 0.717) is 0 Å². The second-order valence-electron chi connectivity index (χ2n) is 11.8. The average molecular weight is 525 g/mol. The summed E-state index contributed by atoms with van der Waals surface area (Å²) in [5.74, 6) is 0. The fourth-order valence-corrected chi connectivity index (χ4v) is 7.48. The minimum atomic E-state index is -0.0122. The summed E-state index contributed by atoms with van der Waals surface area (Å²) in [6.45, 7) is 4.69. The molecule has 1 aliphatic rings. The van der Waals surface area contributed by atoms with E-state index in [0.717, 1.165) is 0 Å². The molecule has 0 saturated carbocycles. The van der Waals surface area contributed by atoms with Gasteiger partial charge in [-0.05, 0) is 64.7 Å². The molecule has 0 unspecified atom stereocenters. The second-order valence-corrected chi connectivity index (χ2v) is 11.8. The molecule has 8 aromatic rings. The van der Waals surface area contributed by atoms with Gasteiger partial charge in [0.05, 0.1) is 22.1 Å². The highest BCUT2D eigenvalue weighted by molar-refractivity contribution is 6.26. The first kappa shape index (κ1) is 22.7. The summed E-state index contributed by atoms with van der Waals surface area (Å²) in [5, 5.41) is 5.13. The van der Waals surface area contributed by atoms with Gasteiger partial charge in [-0.1, -0.05) is 105 Å². The number of benzene rings is 6. The summed E-state index contributed by atoms with van der Waals surface area (Å²) in [6, 6.07) is 49.0. The Bertz CT molecular complexity index is 2330. The van der Waals surface area contributed by atoms with Gasteiger partial charge in [-0.25, -0.2) is 0 Å². The Morgan fingerprint density at radius 3 is 1.93 bits per heavy atom. The third-order valence-electron chi connectivity index (χ3n) is 9.31. The molecule has 0 fully saturated rings. The molecule has 9 rings (SSSR count). The van der Waals surface area contributed by atoms with Crippen molar-refractivity contribution < 1.29 is 0 Å². The van der Waals surface area contributed by atoms with Crippen molar-refractivity contribution in [2.24, 2.45) is 0 Å². The lowest BCUT2D eigenvalue weighted by Gasteiger charge is -2.21. The van der Waals surface area contributed by atoms with E-state index in [1.54, 1.807) is 0 Å². The van der Waals surface area contributed by atoms with Crippen molar-refractivity contribution in [2.75, 3.05) is 0 Å². The molecule has 0 bridgehead atoms. The fraction of sp³-hybridized carbons (Fsp3) is 0.0769. The van der Waals surface area contributed by atoms with Crippen molar-refractivity contribution in [1.82, 2.24) is 9.13 Å². The Kier molecular flexibility index (Phi) is 4.42. The molecule has 2 aromatic heterocycles. The van der Waals surface area contributed by atoms with Crippen LogP contribution in [0.25, 0.3) is 66.1 Å². The number of hydrogen-bond acceptors (Lipinski definition) is 0. The van der Waals surface area contributed by atoms with Crippen molar-refractivity contribution in [3.63, 3.8) is 0 Å². The Morgan fingerprint density at radius 1 is 0.439 bits per heavy atom. The Morgan fingerprint density at radius 2 is 1.10 bits per heavy atom. The van der Waals surface area contributed by atoms with Gasteiger partial charge in [-0.15, -0.1) is 0 Å². The summed E-state index contributed by atoms with van der Waals surface area (Å²) in [6.07, 6.45) is 0. The van der Waals surface area contributed by atoms with Crippen molar-refractivity contribution in [1.29, 1.82) is 0 Å². The zero-order valence-corrected chi connectivity index (χ0v) is 23.1. The average Bonchev–Trinajstić information content (AvgIpc) is 3.61. The van der Waals surface area contributed by atoms with Crippen LogP contribution in [0, 0.1) is 0 Å². The van der Waals surface area contributed by atoms with Crippen molar-refractivity contribution in [3.05, 3.63) is 145 Å². The molecule has 6 aromatic carbocycles. The van der Waals surface area contributed by atoms with Gasteiger partial charge in [-0.3, -0.25) is 0 Å². The molecule has 2 nitrogen and oxygen atoms in total. The molecule has 0 atom stereocenters. The molecule has 2 heteroatoms. The Labute approximate surface area is 238 Å². The maximum absolute atomic E-state index is 2.50. The lowest BCUT2D eigenvalue weighted by molar-refractivity contribution is 0.660. The van der Waals surface area contributed by atoms with Gasteiger partial charge < -0.3 is 9.13 Å². The molecule has 41 heavy (non-hydrogen) atoms. The number of rotatable bonds is 2. The van der Waals surface area contributed by atoms with Crippen molar-refractivity contribution >= 4 is 43.6 Å². The highest BCUT2D eigenvalue weighted by atomic mass is 15.0. The first-order valence-electron chi connectivity index (χ1n) is 14.4. The SMILES string of the molecule is CC1(C)c2ccccc2-c2cc(-n3c4ccccc4c4ccc5c(c6ccccc6n5-c5ccccc5)c43)ccc21. The summed E-state index contributed by atoms with van der Waals surface area (Å²) in [5.41, 5.74) is 12.8. The fourth-order valence-electron chi connectivity index (χ4n) is 7.48. The van der Waals surface area contributed by atoms with Gasteiger partial charge >= 0.3 is 0 Å². The predicted octanol–water partition coefficient (Wildman–Crippen LogP) is 10.2. The summed E-state index contributed by atoms with van der Waals surface area (Å²) in [7, 11) is 0. The number of para-hydroxylation sites is 3. The highest BCUT2D eigenvalue weighted by Crippen LogP contribution is 2.50. The first-order valence-corrected chi connectivity index (χ1v) is 14.4. The summed E-state index contributed by atoms with van der Waals surface area (Å²) >= 11 is 0. The van der Waals surface area contributed by atoms with E-state index in [1.807, 2.05) is 0 Å². The van der Waals surface area contributed by atoms with E-state index in [9.17, 15) is 0 Å². The number of nitrogens with zero attached hydrogens (tertiary/aromatic N) is 2. The maximum Gasteiger partial charge on any atom is 0.0641 e. The van der Waals surface area contributed by atoms with E-state index in [-0.39, 0.29) is 5.41 Å². The van der Waals surface area contributed by atoms with Crippen LogP contribution in [0.3, 0.4) is 0 Å². The second kappa shape index (κ2) is 7.99. The van der Waals surface area contributed by atoms with E-state index in [1.165, 1.54) is 77.2 Å². The standard InChI is InChI=1S/C39H28N2/c1-39(2)32-17-9-6-14-27(32)31-24-26(20-22-33(31)39)41-34-18-10-7-15-28(34)29-21-23-36-37(38(29)41)30-16-8-11-19-35(30)40(36)25-12-4-3-5-13-25/h3-24H,1-2H3. The molecule has 0 radical (unpaired) electrons. The van der Waals surface area contributed by atoms with Crippen LogP contribution in [0.4, 0.5) is 0 Å². The first-order chi connectivity index (χ1) is 20.1. The van der Waals surface area contributed by atoms with Gasteiger partial charge in [0.1, 0.15) is 0 Å². The Balaban J connectivity index is 1.45. The van der Waals surface area contributed by atoms with Crippen LogP contribution in [0.5, 0.6) is 0 Å². The van der Waals surface area contributed by atoms with Crippen LogP contribution in [0.2, 0.25) is 0 Å². The van der Waals surface area contributed by atoms with E-state index in [2.05, 4.69) is 156 Å². The number of aromatic nitrogens is 2. The normalized spacial score (nSPS) is 13.8. The third kappa shape index (κ3) is 2.92. The minimum Gasteiger partial charge on any atom is -0.309 e. The van der Waals surface area contributed by atoms with Crippen LogP contribution < -0.4 is 0 Å². The lowest BCUT2D eigenvalue weighted by Crippen LogP contribution is -2.14. The molecule has 194 valence electrons. The number of fused-ring (bicyclic) bond motifs is 10. The van der Waals surface area contributed by atoms with Crippen molar-refractivity contribution in [3.8, 4) is 22.5 Å². The van der Waals surface area contributed by atoms with Gasteiger partial charge in [-0.2, -0.15) is 0 Å². The quantitative estimate of drug-likeness (QED) is 0.213. The Hall–Kier alpha value is -5.08. The van der Waals surface area contributed by atoms with E-state index in [4.69, 9.17) is 0 Å². The zero-order chi connectivity index (χ0) is 27.3. The van der Waals surface area contributed by atoms with Gasteiger partial charge in [0, 0.05) is 38.3 Å². The summed E-state index contributed by atoms with van der Waals surface area (Å²) < 4.78 is 4.91. The van der Waals surface area contributed by atoms with Crippen LogP contribution in [0.15, 0.2) is 133 Å². The molecular weight excluding hydrogens is 496 g/mol. The molecule has 0 amide bonds. The molecule has 0 saturated heterocycles. The molecule has 2 heterocycles. The van der Waals surface area contributed by atoms with Gasteiger partial charge in [0.15, 0.2) is 0 Å². The maximum atomic E-state index is 2.50. The molecule has 0 N–H and O–H groups in total. The minimum absolute atomic E-state index is 0.0122. The predicted molar refractivity (Wildman–Crippen MR) is 173 cm³/mol. The zero-order valence-electron chi connectivity index (χ0n) is 23.1. The monoisotopic (exact) mass is 524 g/mol. The van der Waals surface area contributed by atoms with E-state index >= 15 is 0 Å². The largest absolute Gasteiger partial charge is 0.309 e. The van der Waals surface area contributed by atoms with Crippen LogP contribution >= 0.6 is 0 Å².